The second-order valence-electron chi connectivity index (χ2n) is 3.96. The Morgan fingerprint density at radius 2 is 2.28 bits per heavy atom. The van der Waals surface area contributed by atoms with Gasteiger partial charge in [0, 0.05) is 5.56 Å². The SMILES string of the molecule is N#Cc1cccc2c1[nH]c(=S)n2Cc1ccoc1. The van der Waals surface area contributed by atoms with E-state index in [0.717, 1.165) is 16.6 Å². The molecule has 0 amide bonds. The van der Waals surface area contributed by atoms with Crippen LogP contribution in [0.4, 0.5) is 0 Å². The van der Waals surface area contributed by atoms with Crippen molar-refractivity contribution in [1.82, 2.24) is 9.55 Å². The molecular formula is C13H9N3OS. The van der Waals surface area contributed by atoms with Crippen molar-refractivity contribution in [3.8, 4) is 6.07 Å². The molecule has 0 fully saturated rings. The Labute approximate surface area is 108 Å². The van der Waals surface area contributed by atoms with Gasteiger partial charge in [0.05, 0.1) is 35.7 Å². The Morgan fingerprint density at radius 1 is 1.39 bits per heavy atom. The maximum Gasteiger partial charge on any atom is 0.178 e. The maximum absolute atomic E-state index is 9.06. The monoisotopic (exact) mass is 255 g/mol. The van der Waals surface area contributed by atoms with Gasteiger partial charge in [0.15, 0.2) is 4.77 Å². The second-order valence-corrected chi connectivity index (χ2v) is 4.35. The van der Waals surface area contributed by atoms with E-state index in [1.54, 1.807) is 18.6 Å². The predicted molar refractivity (Wildman–Crippen MR) is 69.6 cm³/mol. The van der Waals surface area contributed by atoms with Crippen molar-refractivity contribution < 1.29 is 4.42 Å². The molecule has 0 aliphatic heterocycles. The highest BCUT2D eigenvalue weighted by Gasteiger charge is 2.08. The number of para-hydroxylation sites is 1. The molecule has 1 N–H and O–H groups in total. The van der Waals surface area contributed by atoms with Crippen molar-refractivity contribution in [1.29, 1.82) is 5.26 Å². The molecule has 2 heterocycles. The lowest BCUT2D eigenvalue weighted by molar-refractivity contribution is 0.562. The Morgan fingerprint density at radius 3 is 3.00 bits per heavy atom. The van der Waals surface area contributed by atoms with Crippen LogP contribution in [-0.4, -0.2) is 9.55 Å². The third-order valence-corrected chi connectivity index (χ3v) is 3.17. The van der Waals surface area contributed by atoms with E-state index in [2.05, 4.69) is 11.1 Å². The molecule has 0 saturated heterocycles. The summed E-state index contributed by atoms with van der Waals surface area (Å²) in [4.78, 5) is 3.08. The number of aromatic amines is 1. The number of H-pyrrole nitrogens is 1. The average molecular weight is 255 g/mol. The molecule has 0 atom stereocenters. The minimum absolute atomic E-state index is 0.601. The number of hydrogen-bond acceptors (Lipinski definition) is 3. The van der Waals surface area contributed by atoms with E-state index >= 15 is 0 Å². The molecule has 1 aromatic carbocycles. The predicted octanol–water partition coefficient (Wildman–Crippen LogP) is 3.21. The largest absolute Gasteiger partial charge is 0.472 e. The van der Waals surface area contributed by atoms with Crippen LogP contribution in [0.2, 0.25) is 0 Å². The highest BCUT2D eigenvalue weighted by Crippen LogP contribution is 2.19. The molecule has 4 nitrogen and oxygen atoms in total. The number of imidazole rings is 1. The number of hydrogen-bond donors (Lipinski definition) is 1. The molecule has 0 saturated carbocycles. The van der Waals surface area contributed by atoms with Gasteiger partial charge in [-0.15, -0.1) is 0 Å². The van der Waals surface area contributed by atoms with Crippen LogP contribution < -0.4 is 0 Å². The first kappa shape index (κ1) is 10.8. The van der Waals surface area contributed by atoms with Crippen molar-refractivity contribution in [3.05, 3.63) is 52.7 Å². The molecule has 0 unspecified atom stereocenters. The number of furan rings is 1. The summed E-state index contributed by atoms with van der Waals surface area (Å²) < 4.78 is 7.61. The fourth-order valence-electron chi connectivity index (χ4n) is 2.00. The molecule has 18 heavy (non-hydrogen) atoms. The van der Waals surface area contributed by atoms with Crippen LogP contribution in [0.25, 0.3) is 11.0 Å². The molecule has 0 aliphatic rings. The van der Waals surface area contributed by atoms with Crippen molar-refractivity contribution in [2.75, 3.05) is 0 Å². The van der Waals surface area contributed by atoms with Gasteiger partial charge < -0.3 is 14.0 Å². The van der Waals surface area contributed by atoms with Gasteiger partial charge in [-0.3, -0.25) is 0 Å². The maximum atomic E-state index is 9.06. The van der Waals surface area contributed by atoms with Gasteiger partial charge in [-0.05, 0) is 30.4 Å². The number of nitrogens with zero attached hydrogens (tertiary/aromatic N) is 2. The van der Waals surface area contributed by atoms with Crippen LogP contribution in [0.15, 0.2) is 41.2 Å². The van der Waals surface area contributed by atoms with E-state index in [4.69, 9.17) is 21.9 Å². The summed E-state index contributed by atoms with van der Waals surface area (Å²) in [5, 5.41) is 9.06. The first-order chi connectivity index (χ1) is 8.79. The van der Waals surface area contributed by atoms with Crippen LogP contribution in [-0.2, 0) is 6.54 Å². The topological polar surface area (TPSA) is 57.6 Å². The molecule has 0 bridgehead atoms. The third-order valence-electron chi connectivity index (χ3n) is 2.85. The average Bonchev–Trinajstić information content (AvgIpc) is 2.99. The quantitative estimate of drug-likeness (QED) is 0.715. The van der Waals surface area contributed by atoms with Crippen LogP contribution in [0.5, 0.6) is 0 Å². The van der Waals surface area contributed by atoms with Crippen LogP contribution in [0.1, 0.15) is 11.1 Å². The first-order valence-corrected chi connectivity index (χ1v) is 5.83. The summed E-state index contributed by atoms with van der Waals surface area (Å²) in [6.07, 6.45) is 3.32. The molecule has 0 spiro atoms. The Hall–Kier alpha value is -2.32. The van der Waals surface area contributed by atoms with E-state index in [-0.39, 0.29) is 0 Å². The van der Waals surface area contributed by atoms with Gasteiger partial charge in [0.25, 0.3) is 0 Å². The number of nitriles is 1. The van der Waals surface area contributed by atoms with Crippen molar-refractivity contribution in [2.24, 2.45) is 0 Å². The zero-order chi connectivity index (χ0) is 12.5. The normalized spacial score (nSPS) is 10.6. The lowest BCUT2D eigenvalue weighted by atomic mass is 10.2. The number of aromatic nitrogens is 2. The highest BCUT2D eigenvalue weighted by molar-refractivity contribution is 7.71. The molecule has 0 aliphatic carbocycles. The lowest BCUT2D eigenvalue weighted by Crippen LogP contribution is -1.98. The minimum atomic E-state index is 0.601. The van der Waals surface area contributed by atoms with E-state index in [1.807, 2.05) is 22.8 Å². The van der Waals surface area contributed by atoms with E-state index in [0.29, 0.717) is 16.9 Å². The zero-order valence-electron chi connectivity index (χ0n) is 9.38. The zero-order valence-corrected chi connectivity index (χ0v) is 10.2. The Kier molecular flexibility index (Phi) is 2.50. The molecule has 3 rings (SSSR count). The van der Waals surface area contributed by atoms with Gasteiger partial charge >= 0.3 is 0 Å². The van der Waals surface area contributed by atoms with E-state index in [9.17, 15) is 0 Å². The fraction of sp³-hybridized carbons (Fsp3) is 0.0769. The van der Waals surface area contributed by atoms with Crippen molar-refractivity contribution in [3.63, 3.8) is 0 Å². The first-order valence-electron chi connectivity index (χ1n) is 5.42. The Bertz CT molecular complexity index is 790. The van der Waals surface area contributed by atoms with E-state index < -0.39 is 0 Å². The van der Waals surface area contributed by atoms with Gasteiger partial charge in [-0.1, -0.05) is 6.07 Å². The number of rotatable bonds is 2. The highest BCUT2D eigenvalue weighted by atomic mass is 32.1. The molecule has 2 aromatic heterocycles. The standard InChI is InChI=1S/C13H9N3OS/c14-6-10-2-1-3-11-12(10)15-13(18)16(11)7-9-4-5-17-8-9/h1-5,8H,7H2,(H,15,18). The van der Waals surface area contributed by atoms with Crippen LogP contribution in [0, 0.1) is 16.1 Å². The van der Waals surface area contributed by atoms with Gasteiger partial charge in [0.1, 0.15) is 6.07 Å². The van der Waals surface area contributed by atoms with Gasteiger partial charge in [-0.25, -0.2) is 0 Å². The van der Waals surface area contributed by atoms with E-state index in [1.165, 1.54) is 0 Å². The summed E-state index contributed by atoms with van der Waals surface area (Å²) in [6.45, 7) is 0.629. The second kappa shape index (κ2) is 4.17. The Balaban J connectivity index is 2.21. The number of fused-ring (bicyclic) bond motifs is 1. The molecule has 5 heteroatoms. The molecule has 88 valence electrons. The third kappa shape index (κ3) is 1.63. The summed E-state index contributed by atoms with van der Waals surface area (Å²) in [6, 6.07) is 9.63. The van der Waals surface area contributed by atoms with Crippen molar-refractivity contribution >= 4 is 23.3 Å². The van der Waals surface area contributed by atoms with Crippen LogP contribution in [0.3, 0.4) is 0 Å². The summed E-state index contributed by atoms with van der Waals surface area (Å²) in [5.74, 6) is 0. The smallest absolute Gasteiger partial charge is 0.178 e. The minimum Gasteiger partial charge on any atom is -0.472 e. The summed E-state index contributed by atoms with van der Waals surface area (Å²) in [7, 11) is 0. The molecule has 0 radical (unpaired) electrons. The molecule has 3 aromatic rings. The van der Waals surface area contributed by atoms with Crippen molar-refractivity contribution in [2.45, 2.75) is 6.54 Å². The fourth-order valence-corrected chi connectivity index (χ4v) is 2.26. The summed E-state index contributed by atoms with van der Waals surface area (Å²) >= 11 is 5.30. The van der Waals surface area contributed by atoms with Crippen LogP contribution >= 0.6 is 12.2 Å². The van der Waals surface area contributed by atoms with Gasteiger partial charge in [0.2, 0.25) is 0 Å². The molecular weight excluding hydrogens is 246 g/mol. The summed E-state index contributed by atoms with van der Waals surface area (Å²) in [5.41, 5.74) is 3.35. The number of nitrogens with one attached hydrogen (secondary N) is 1. The van der Waals surface area contributed by atoms with Gasteiger partial charge in [-0.2, -0.15) is 5.26 Å². The number of benzene rings is 1. The lowest BCUT2D eigenvalue weighted by Gasteiger charge is -2.01.